The zero-order valence-corrected chi connectivity index (χ0v) is 17.4. The van der Waals surface area contributed by atoms with E-state index in [1.807, 2.05) is 49.4 Å². The summed E-state index contributed by atoms with van der Waals surface area (Å²) in [6, 6.07) is 22.8. The standard InChI is InChI=1S/C26H23NO4/c1-3-17-12-14-19(15-13-17)24(28)22-23(18-8-5-4-6-9-18)27(26(30)25(22)29)20-10-7-11-21(16-20)31-2/h4-16,23,28H,3H2,1-2H3/b24-22+. The quantitative estimate of drug-likeness (QED) is 0.368. The van der Waals surface area contributed by atoms with Crippen LogP contribution in [0.3, 0.4) is 0 Å². The summed E-state index contributed by atoms with van der Waals surface area (Å²) in [6.45, 7) is 2.05. The monoisotopic (exact) mass is 413 g/mol. The number of ether oxygens (including phenoxy) is 1. The number of anilines is 1. The van der Waals surface area contributed by atoms with E-state index in [-0.39, 0.29) is 11.3 Å². The third-order valence-corrected chi connectivity index (χ3v) is 5.53. The molecule has 3 aromatic rings. The molecule has 3 aromatic carbocycles. The molecule has 1 amide bonds. The predicted octanol–water partition coefficient (Wildman–Crippen LogP) is 4.88. The number of Topliss-reactive ketones (excluding diaryl/α,β-unsaturated/α-hetero) is 1. The fourth-order valence-corrected chi connectivity index (χ4v) is 3.86. The predicted molar refractivity (Wildman–Crippen MR) is 120 cm³/mol. The molecular weight excluding hydrogens is 390 g/mol. The van der Waals surface area contributed by atoms with Crippen LogP contribution < -0.4 is 9.64 Å². The Hall–Kier alpha value is -3.86. The van der Waals surface area contributed by atoms with E-state index in [0.29, 0.717) is 17.0 Å². The molecule has 4 rings (SSSR count). The van der Waals surface area contributed by atoms with Crippen LogP contribution in [0.25, 0.3) is 5.76 Å². The minimum absolute atomic E-state index is 0.0725. The van der Waals surface area contributed by atoms with Crippen molar-refractivity contribution < 1.29 is 19.4 Å². The summed E-state index contributed by atoms with van der Waals surface area (Å²) in [6.07, 6.45) is 0.866. The van der Waals surface area contributed by atoms with E-state index < -0.39 is 17.7 Å². The number of hydrogen-bond donors (Lipinski definition) is 1. The number of nitrogens with zero attached hydrogens (tertiary/aromatic N) is 1. The number of ketones is 1. The number of amides is 1. The molecular formula is C26H23NO4. The number of aliphatic hydroxyl groups is 1. The molecule has 1 heterocycles. The summed E-state index contributed by atoms with van der Waals surface area (Å²) >= 11 is 0. The molecule has 0 bridgehead atoms. The second kappa shape index (κ2) is 8.48. The van der Waals surface area contributed by atoms with Crippen LogP contribution in [0.4, 0.5) is 5.69 Å². The van der Waals surface area contributed by atoms with Crippen LogP contribution >= 0.6 is 0 Å². The first-order valence-electron chi connectivity index (χ1n) is 10.1. The van der Waals surface area contributed by atoms with E-state index in [2.05, 4.69) is 0 Å². The number of carbonyl (C=O) groups is 2. The second-order valence-corrected chi connectivity index (χ2v) is 7.33. The van der Waals surface area contributed by atoms with E-state index in [9.17, 15) is 14.7 Å². The van der Waals surface area contributed by atoms with Gasteiger partial charge < -0.3 is 9.84 Å². The van der Waals surface area contributed by atoms with Crippen molar-refractivity contribution >= 4 is 23.1 Å². The third kappa shape index (κ3) is 3.70. The van der Waals surface area contributed by atoms with Gasteiger partial charge >= 0.3 is 0 Å². The molecule has 1 saturated heterocycles. The maximum atomic E-state index is 13.1. The van der Waals surface area contributed by atoms with Gasteiger partial charge in [0.2, 0.25) is 0 Å². The van der Waals surface area contributed by atoms with Gasteiger partial charge in [0.05, 0.1) is 18.7 Å². The molecule has 5 nitrogen and oxygen atoms in total. The van der Waals surface area contributed by atoms with Crippen LogP contribution in [0, 0.1) is 0 Å². The van der Waals surface area contributed by atoms with E-state index in [4.69, 9.17) is 4.74 Å². The van der Waals surface area contributed by atoms with Crippen molar-refractivity contribution in [2.45, 2.75) is 19.4 Å². The summed E-state index contributed by atoms with van der Waals surface area (Å²) in [5.74, 6) is -1.01. The lowest BCUT2D eigenvalue weighted by Crippen LogP contribution is -2.29. The Labute approximate surface area is 181 Å². The van der Waals surface area contributed by atoms with Gasteiger partial charge in [-0.25, -0.2) is 0 Å². The zero-order valence-electron chi connectivity index (χ0n) is 17.4. The first-order chi connectivity index (χ1) is 15.0. The Morgan fingerprint density at radius 1 is 0.968 bits per heavy atom. The minimum Gasteiger partial charge on any atom is -0.507 e. The van der Waals surface area contributed by atoms with Gasteiger partial charge in [-0.05, 0) is 29.7 Å². The average molecular weight is 413 g/mol. The molecule has 0 aromatic heterocycles. The first kappa shape index (κ1) is 20.4. The van der Waals surface area contributed by atoms with Gasteiger partial charge in [0.15, 0.2) is 0 Å². The number of hydrogen-bond acceptors (Lipinski definition) is 4. The van der Waals surface area contributed by atoms with Gasteiger partial charge in [0.1, 0.15) is 11.5 Å². The van der Waals surface area contributed by atoms with Crippen LogP contribution in [0.1, 0.15) is 29.7 Å². The number of methoxy groups -OCH3 is 1. The first-order valence-corrected chi connectivity index (χ1v) is 10.1. The molecule has 31 heavy (non-hydrogen) atoms. The van der Waals surface area contributed by atoms with Crippen molar-refractivity contribution in [1.29, 1.82) is 0 Å². The van der Waals surface area contributed by atoms with E-state index in [1.165, 1.54) is 4.90 Å². The van der Waals surface area contributed by atoms with Crippen LogP contribution in [0.15, 0.2) is 84.4 Å². The molecule has 1 unspecified atom stereocenters. The SMILES string of the molecule is CCc1ccc(/C(O)=C2\C(=O)C(=O)N(c3cccc(OC)c3)C2c2ccccc2)cc1. The van der Waals surface area contributed by atoms with E-state index >= 15 is 0 Å². The molecule has 5 heteroatoms. The van der Waals surface area contributed by atoms with Crippen LogP contribution in [-0.2, 0) is 16.0 Å². The van der Waals surface area contributed by atoms with Crippen molar-refractivity contribution in [3.8, 4) is 5.75 Å². The lowest BCUT2D eigenvalue weighted by atomic mass is 9.95. The molecule has 0 radical (unpaired) electrons. The van der Waals surface area contributed by atoms with Crippen LogP contribution in [0.5, 0.6) is 5.75 Å². The molecule has 0 saturated carbocycles. The van der Waals surface area contributed by atoms with Gasteiger partial charge in [-0.1, -0.05) is 67.6 Å². The smallest absolute Gasteiger partial charge is 0.300 e. The summed E-state index contributed by atoms with van der Waals surface area (Å²) < 4.78 is 5.30. The molecule has 1 aliphatic rings. The highest BCUT2D eigenvalue weighted by molar-refractivity contribution is 6.51. The third-order valence-electron chi connectivity index (χ3n) is 5.53. The Balaban J connectivity index is 1.91. The van der Waals surface area contributed by atoms with Gasteiger partial charge in [-0.2, -0.15) is 0 Å². The Morgan fingerprint density at radius 2 is 1.68 bits per heavy atom. The maximum absolute atomic E-state index is 13.1. The number of benzene rings is 3. The van der Waals surface area contributed by atoms with Gasteiger partial charge in [0.25, 0.3) is 11.7 Å². The molecule has 156 valence electrons. The lowest BCUT2D eigenvalue weighted by Gasteiger charge is -2.25. The largest absolute Gasteiger partial charge is 0.507 e. The van der Waals surface area contributed by atoms with E-state index in [1.54, 1.807) is 43.5 Å². The summed E-state index contributed by atoms with van der Waals surface area (Å²) in [4.78, 5) is 27.7. The molecule has 0 spiro atoms. The van der Waals surface area contributed by atoms with Crippen molar-refractivity contribution in [2.24, 2.45) is 0 Å². The van der Waals surface area contributed by atoms with Crippen LogP contribution in [0.2, 0.25) is 0 Å². The topological polar surface area (TPSA) is 66.8 Å². The highest BCUT2D eigenvalue weighted by Gasteiger charge is 2.47. The molecule has 1 fully saturated rings. The highest BCUT2D eigenvalue weighted by Crippen LogP contribution is 2.42. The summed E-state index contributed by atoms with van der Waals surface area (Å²) in [5.41, 5.74) is 2.95. The van der Waals surface area contributed by atoms with Gasteiger partial charge in [-0.3, -0.25) is 14.5 Å². The number of rotatable bonds is 5. The fraction of sp³-hybridized carbons (Fsp3) is 0.154. The van der Waals surface area contributed by atoms with Crippen molar-refractivity contribution in [2.75, 3.05) is 12.0 Å². The van der Waals surface area contributed by atoms with Gasteiger partial charge in [-0.15, -0.1) is 0 Å². The van der Waals surface area contributed by atoms with Crippen molar-refractivity contribution in [3.63, 3.8) is 0 Å². The van der Waals surface area contributed by atoms with Gasteiger partial charge in [0, 0.05) is 17.3 Å². The molecule has 1 aliphatic heterocycles. The van der Waals surface area contributed by atoms with Crippen molar-refractivity contribution in [1.82, 2.24) is 0 Å². The summed E-state index contributed by atoms with van der Waals surface area (Å²) in [7, 11) is 1.54. The summed E-state index contributed by atoms with van der Waals surface area (Å²) in [5, 5.41) is 11.1. The Kier molecular flexibility index (Phi) is 5.58. The zero-order chi connectivity index (χ0) is 22.0. The molecule has 1 N–H and O–H groups in total. The molecule has 1 atom stereocenters. The molecule has 0 aliphatic carbocycles. The number of aliphatic hydroxyl groups excluding tert-OH is 1. The Morgan fingerprint density at radius 3 is 2.32 bits per heavy atom. The van der Waals surface area contributed by atoms with Crippen LogP contribution in [-0.4, -0.2) is 23.9 Å². The maximum Gasteiger partial charge on any atom is 0.300 e. The Bertz CT molecular complexity index is 1150. The second-order valence-electron chi connectivity index (χ2n) is 7.33. The number of carbonyl (C=O) groups excluding carboxylic acids is 2. The normalized spacial score (nSPS) is 17.7. The number of aryl methyl sites for hydroxylation is 1. The van der Waals surface area contributed by atoms with Crippen molar-refractivity contribution in [3.05, 3.63) is 101 Å². The lowest BCUT2D eigenvalue weighted by molar-refractivity contribution is -0.132. The van der Waals surface area contributed by atoms with E-state index in [0.717, 1.165) is 17.5 Å². The average Bonchev–Trinajstić information content (AvgIpc) is 3.09. The minimum atomic E-state index is -0.751. The highest BCUT2D eigenvalue weighted by atomic mass is 16.5. The fourth-order valence-electron chi connectivity index (χ4n) is 3.86.